The first-order valence-electron chi connectivity index (χ1n) is 10.3. The molecule has 31 heavy (non-hydrogen) atoms. The van der Waals surface area contributed by atoms with Gasteiger partial charge in [0.2, 0.25) is 5.91 Å². The lowest BCUT2D eigenvalue weighted by Crippen LogP contribution is -2.50. The molecule has 1 aromatic heterocycles. The van der Waals surface area contributed by atoms with Gasteiger partial charge in [-0.1, -0.05) is 18.2 Å². The minimum atomic E-state index is -0.213. The molecular weight excluding hydrogens is 440 g/mol. The highest BCUT2D eigenvalue weighted by Gasteiger charge is 2.26. The monoisotopic (exact) mass is 469 g/mol. The third kappa shape index (κ3) is 6.53. The molecule has 1 N–H and O–H groups in total. The molecule has 0 bridgehead atoms. The molecular formula is C22H30Cl2FN5O. The van der Waals surface area contributed by atoms with Gasteiger partial charge in [0.25, 0.3) is 0 Å². The Morgan fingerprint density at radius 1 is 1.06 bits per heavy atom. The number of carbonyl (C=O) groups is 1. The summed E-state index contributed by atoms with van der Waals surface area (Å²) in [7, 11) is 0. The number of pyridine rings is 1. The van der Waals surface area contributed by atoms with E-state index in [0.717, 1.165) is 57.2 Å². The Labute approximate surface area is 195 Å². The first-order valence-corrected chi connectivity index (χ1v) is 10.3. The number of nitrogens with one attached hydrogen (secondary N) is 1. The van der Waals surface area contributed by atoms with E-state index in [1.54, 1.807) is 18.3 Å². The van der Waals surface area contributed by atoms with Crippen molar-refractivity contribution in [2.45, 2.75) is 12.5 Å². The Balaban J connectivity index is 0.00000171. The molecule has 1 amide bonds. The molecule has 0 spiro atoms. The molecule has 2 aliphatic rings. The maximum Gasteiger partial charge on any atom is 0.223 e. The van der Waals surface area contributed by atoms with E-state index >= 15 is 0 Å². The van der Waals surface area contributed by atoms with E-state index in [2.05, 4.69) is 20.1 Å². The lowest BCUT2D eigenvalue weighted by molar-refractivity contribution is -0.132. The van der Waals surface area contributed by atoms with Gasteiger partial charge in [0.1, 0.15) is 11.6 Å². The smallest absolute Gasteiger partial charge is 0.223 e. The average Bonchev–Trinajstić information content (AvgIpc) is 2.78. The van der Waals surface area contributed by atoms with Gasteiger partial charge in [0.05, 0.1) is 0 Å². The highest BCUT2D eigenvalue weighted by atomic mass is 35.5. The zero-order valence-corrected chi connectivity index (χ0v) is 19.1. The summed E-state index contributed by atoms with van der Waals surface area (Å²) < 4.78 is 13.7. The molecule has 4 rings (SSSR count). The Morgan fingerprint density at radius 2 is 1.87 bits per heavy atom. The van der Waals surface area contributed by atoms with Crippen LogP contribution in [0.5, 0.6) is 0 Å². The molecule has 2 saturated heterocycles. The fourth-order valence-electron chi connectivity index (χ4n) is 4.18. The van der Waals surface area contributed by atoms with Crippen LogP contribution < -0.4 is 10.2 Å². The lowest BCUT2D eigenvalue weighted by Gasteiger charge is -2.38. The van der Waals surface area contributed by atoms with Gasteiger partial charge in [0.15, 0.2) is 0 Å². The van der Waals surface area contributed by atoms with Crippen molar-refractivity contribution in [2.24, 2.45) is 0 Å². The van der Waals surface area contributed by atoms with Crippen LogP contribution in [0.15, 0.2) is 48.7 Å². The predicted molar refractivity (Wildman–Crippen MR) is 126 cm³/mol. The van der Waals surface area contributed by atoms with E-state index < -0.39 is 0 Å². The van der Waals surface area contributed by atoms with Crippen molar-refractivity contribution in [1.29, 1.82) is 0 Å². The third-order valence-electron chi connectivity index (χ3n) is 5.81. The first kappa shape index (κ1) is 25.3. The number of carbonyl (C=O) groups excluding carboxylic acids is 1. The highest BCUT2D eigenvalue weighted by molar-refractivity contribution is 5.85. The van der Waals surface area contributed by atoms with Crippen molar-refractivity contribution in [1.82, 2.24) is 20.1 Å². The van der Waals surface area contributed by atoms with Crippen LogP contribution in [0, 0.1) is 5.82 Å². The molecule has 0 saturated carbocycles. The minimum absolute atomic E-state index is 0. The molecule has 6 nitrogen and oxygen atoms in total. The van der Waals surface area contributed by atoms with Gasteiger partial charge in [-0.25, -0.2) is 9.37 Å². The van der Waals surface area contributed by atoms with Gasteiger partial charge in [-0.15, -0.1) is 24.8 Å². The number of rotatable bonds is 5. The van der Waals surface area contributed by atoms with Crippen LogP contribution in [0.25, 0.3) is 0 Å². The van der Waals surface area contributed by atoms with Gasteiger partial charge in [-0.2, -0.15) is 0 Å². The highest BCUT2D eigenvalue weighted by Crippen LogP contribution is 2.23. The summed E-state index contributed by atoms with van der Waals surface area (Å²) in [5.74, 6) is 0.954. The Morgan fingerprint density at radius 3 is 2.58 bits per heavy atom. The Hall–Kier alpha value is -1.93. The quantitative estimate of drug-likeness (QED) is 0.729. The average molecular weight is 470 g/mol. The van der Waals surface area contributed by atoms with E-state index in [-0.39, 0.29) is 42.6 Å². The molecule has 1 atom stereocenters. The number of benzene rings is 1. The number of nitrogens with zero attached hydrogens (tertiary/aromatic N) is 4. The summed E-state index contributed by atoms with van der Waals surface area (Å²) >= 11 is 0. The van der Waals surface area contributed by atoms with E-state index in [4.69, 9.17) is 0 Å². The van der Waals surface area contributed by atoms with Crippen LogP contribution in [-0.2, 0) is 4.79 Å². The van der Waals surface area contributed by atoms with Crippen LogP contribution in [0.4, 0.5) is 10.2 Å². The van der Waals surface area contributed by atoms with Gasteiger partial charge in [-0.3, -0.25) is 9.69 Å². The number of aromatic nitrogens is 1. The van der Waals surface area contributed by atoms with E-state index in [9.17, 15) is 9.18 Å². The van der Waals surface area contributed by atoms with Crippen molar-refractivity contribution >= 4 is 36.5 Å². The number of anilines is 1. The zero-order chi connectivity index (χ0) is 20.1. The van der Waals surface area contributed by atoms with Crippen molar-refractivity contribution in [3.05, 3.63) is 60.0 Å². The van der Waals surface area contributed by atoms with Crippen LogP contribution in [-0.4, -0.2) is 73.0 Å². The third-order valence-corrected chi connectivity index (χ3v) is 5.81. The molecule has 2 fully saturated rings. The molecule has 170 valence electrons. The molecule has 9 heteroatoms. The van der Waals surface area contributed by atoms with Crippen LogP contribution in [0.3, 0.4) is 0 Å². The predicted octanol–water partition coefficient (Wildman–Crippen LogP) is 2.75. The summed E-state index contributed by atoms with van der Waals surface area (Å²) in [4.78, 5) is 23.6. The molecule has 3 heterocycles. The van der Waals surface area contributed by atoms with Gasteiger partial charge in [0, 0.05) is 71.0 Å². The molecule has 0 aliphatic carbocycles. The zero-order valence-electron chi connectivity index (χ0n) is 17.5. The number of hydrogen-bond donors (Lipinski definition) is 1. The van der Waals surface area contributed by atoms with Gasteiger partial charge >= 0.3 is 0 Å². The topological polar surface area (TPSA) is 51.7 Å². The number of amides is 1. The molecule has 2 aliphatic heterocycles. The summed E-state index contributed by atoms with van der Waals surface area (Å²) in [5.41, 5.74) is 0.966. The molecule has 1 unspecified atom stereocenters. The summed E-state index contributed by atoms with van der Waals surface area (Å²) in [6.07, 6.45) is 2.30. The van der Waals surface area contributed by atoms with Crippen LogP contribution in [0.1, 0.15) is 18.0 Å². The normalized spacial score (nSPS) is 19.3. The largest absolute Gasteiger partial charge is 0.353 e. The summed E-state index contributed by atoms with van der Waals surface area (Å²) in [5, 5.41) is 3.38. The Bertz CT molecular complexity index is 821. The van der Waals surface area contributed by atoms with Gasteiger partial charge in [-0.05, 0) is 29.8 Å². The second kappa shape index (κ2) is 12.2. The second-order valence-corrected chi connectivity index (χ2v) is 7.62. The van der Waals surface area contributed by atoms with Crippen LogP contribution >= 0.6 is 24.8 Å². The minimum Gasteiger partial charge on any atom is -0.353 e. The molecule has 2 aromatic rings. The van der Waals surface area contributed by atoms with Crippen molar-refractivity contribution in [3.63, 3.8) is 0 Å². The van der Waals surface area contributed by atoms with E-state index in [1.807, 2.05) is 29.2 Å². The number of piperazine rings is 2. The van der Waals surface area contributed by atoms with E-state index in [1.165, 1.54) is 6.07 Å². The standard InChI is InChI=1S/C22H28FN5O.2ClH/c23-19-5-3-4-18(16-19)20-17-24-9-11-26(20)10-7-22(29)28-14-12-27(13-15-28)21-6-1-2-8-25-21;;/h1-6,8,16,20,24H,7,9-15,17H2;2*1H. The molecule has 0 radical (unpaired) electrons. The fraction of sp³-hybridized carbons (Fsp3) is 0.455. The Kier molecular flexibility index (Phi) is 9.96. The second-order valence-electron chi connectivity index (χ2n) is 7.62. The number of halogens is 3. The van der Waals surface area contributed by atoms with Crippen molar-refractivity contribution < 1.29 is 9.18 Å². The van der Waals surface area contributed by atoms with Crippen molar-refractivity contribution in [2.75, 3.05) is 57.3 Å². The van der Waals surface area contributed by atoms with E-state index in [0.29, 0.717) is 13.0 Å². The van der Waals surface area contributed by atoms with Crippen molar-refractivity contribution in [3.8, 4) is 0 Å². The maximum atomic E-state index is 13.7. The molecule has 1 aromatic carbocycles. The number of hydrogen-bond acceptors (Lipinski definition) is 5. The lowest BCUT2D eigenvalue weighted by atomic mass is 10.0. The summed E-state index contributed by atoms with van der Waals surface area (Å²) in [6, 6.07) is 12.8. The summed E-state index contributed by atoms with van der Waals surface area (Å²) in [6.45, 7) is 6.30. The van der Waals surface area contributed by atoms with Gasteiger partial charge < -0.3 is 15.1 Å². The van der Waals surface area contributed by atoms with Crippen LogP contribution in [0.2, 0.25) is 0 Å². The first-order chi connectivity index (χ1) is 14.2. The maximum absolute atomic E-state index is 13.7. The fourth-order valence-corrected chi connectivity index (χ4v) is 4.18. The SMILES string of the molecule is Cl.Cl.O=C(CCN1CCNCC1c1cccc(F)c1)N1CCN(c2ccccn2)CC1.